The SMILES string of the molecule is CC(OCc1ccccc1)C(C(=O)O)N(C)C(=O)OC(C)(C)C. The van der Waals surface area contributed by atoms with Crippen molar-refractivity contribution in [1.82, 2.24) is 4.90 Å². The molecule has 6 heteroatoms. The van der Waals surface area contributed by atoms with Crippen molar-refractivity contribution in [2.24, 2.45) is 0 Å². The van der Waals surface area contributed by atoms with Gasteiger partial charge in [-0.05, 0) is 33.3 Å². The molecule has 1 aromatic carbocycles. The van der Waals surface area contributed by atoms with Gasteiger partial charge in [0.1, 0.15) is 5.60 Å². The first-order chi connectivity index (χ1) is 10.6. The van der Waals surface area contributed by atoms with Gasteiger partial charge in [0.25, 0.3) is 0 Å². The molecule has 6 nitrogen and oxygen atoms in total. The number of benzene rings is 1. The molecule has 0 aliphatic heterocycles. The Balaban J connectivity index is 2.72. The van der Waals surface area contributed by atoms with Crippen LogP contribution in [-0.4, -0.2) is 46.9 Å². The van der Waals surface area contributed by atoms with Crippen molar-refractivity contribution >= 4 is 12.1 Å². The summed E-state index contributed by atoms with van der Waals surface area (Å²) in [5.41, 5.74) is 0.242. The molecule has 0 fully saturated rings. The number of nitrogens with zero attached hydrogens (tertiary/aromatic N) is 1. The van der Waals surface area contributed by atoms with Crippen molar-refractivity contribution in [2.45, 2.75) is 52.0 Å². The molecule has 0 aromatic heterocycles. The first kappa shape index (κ1) is 19.0. The van der Waals surface area contributed by atoms with E-state index >= 15 is 0 Å². The highest BCUT2D eigenvalue weighted by Crippen LogP contribution is 2.15. The highest BCUT2D eigenvalue weighted by Gasteiger charge is 2.34. The number of likely N-dealkylation sites (N-methyl/N-ethyl adjacent to an activating group) is 1. The van der Waals surface area contributed by atoms with Gasteiger partial charge in [-0.25, -0.2) is 9.59 Å². The van der Waals surface area contributed by atoms with Crippen LogP contribution in [0.15, 0.2) is 30.3 Å². The molecule has 1 aromatic rings. The number of hydrogen-bond donors (Lipinski definition) is 1. The van der Waals surface area contributed by atoms with Crippen molar-refractivity contribution < 1.29 is 24.2 Å². The Morgan fingerprint density at radius 3 is 2.26 bits per heavy atom. The molecule has 2 unspecified atom stereocenters. The van der Waals surface area contributed by atoms with Crippen LogP contribution in [0.4, 0.5) is 4.79 Å². The molecule has 23 heavy (non-hydrogen) atoms. The van der Waals surface area contributed by atoms with E-state index in [1.54, 1.807) is 27.7 Å². The Labute approximate surface area is 137 Å². The summed E-state index contributed by atoms with van der Waals surface area (Å²) in [7, 11) is 1.40. The summed E-state index contributed by atoms with van der Waals surface area (Å²) in [4.78, 5) is 24.7. The lowest BCUT2D eigenvalue weighted by molar-refractivity contribution is -0.148. The lowest BCUT2D eigenvalue weighted by Gasteiger charge is -2.31. The molecule has 0 saturated carbocycles. The number of carboxylic acids is 1. The lowest BCUT2D eigenvalue weighted by atomic mass is 10.1. The zero-order valence-electron chi connectivity index (χ0n) is 14.3. The zero-order valence-corrected chi connectivity index (χ0v) is 14.3. The number of carboxylic acid groups (broad SMARTS) is 1. The maximum absolute atomic E-state index is 12.1. The van der Waals surface area contributed by atoms with E-state index in [4.69, 9.17) is 9.47 Å². The van der Waals surface area contributed by atoms with E-state index in [9.17, 15) is 14.7 Å². The van der Waals surface area contributed by atoms with Crippen LogP contribution < -0.4 is 0 Å². The van der Waals surface area contributed by atoms with Gasteiger partial charge in [-0.3, -0.25) is 4.90 Å². The van der Waals surface area contributed by atoms with Gasteiger partial charge in [0.15, 0.2) is 6.04 Å². The topological polar surface area (TPSA) is 76.1 Å². The predicted octanol–water partition coefficient (Wildman–Crippen LogP) is 2.91. The molecular formula is C17H25NO5. The number of aliphatic carboxylic acids is 1. The fourth-order valence-electron chi connectivity index (χ4n) is 2.02. The summed E-state index contributed by atoms with van der Waals surface area (Å²) < 4.78 is 10.8. The monoisotopic (exact) mass is 323 g/mol. The van der Waals surface area contributed by atoms with Gasteiger partial charge in [0, 0.05) is 7.05 Å². The summed E-state index contributed by atoms with van der Waals surface area (Å²) in [5, 5.41) is 9.43. The maximum Gasteiger partial charge on any atom is 0.410 e. The summed E-state index contributed by atoms with van der Waals surface area (Å²) in [6.07, 6.45) is -1.38. The molecule has 128 valence electrons. The van der Waals surface area contributed by atoms with E-state index in [2.05, 4.69) is 0 Å². The van der Waals surface area contributed by atoms with Gasteiger partial charge in [-0.15, -0.1) is 0 Å². The molecule has 2 atom stereocenters. The van der Waals surface area contributed by atoms with E-state index in [0.717, 1.165) is 10.5 Å². The van der Waals surface area contributed by atoms with Gasteiger partial charge in [-0.2, -0.15) is 0 Å². The number of hydrogen-bond acceptors (Lipinski definition) is 4. The van der Waals surface area contributed by atoms with Crippen molar-refractivity contribution in [1.29, 1.82) is 0 Å². The van der Waals surface area contributed by atoms with Crippen molar-refractivity contribution in [3.05, 3.63) is 35.9 Å². The van der Waals surface area contributed by atoms with Gasteiger partial charge in [0.2, 0.25) is 0 Å². The van der Waals surface area contributed by atoms with E-state index in [-0.39, 0.29) is 6.61 Å². The second kappa shape index (κ2) is 7.97. The van der Waals surface area contributed by atoms with Crippen LogP contribution in [0.1, 0.15) is 33.3 Å². The van der Waals surface area contributed by atoms with E-state index in [1.165, 1.54) is 7.05 Å². The summed E-state index contributed by atoms with van der Waals surface area (Å²) in [5.74, 6) is -1.14. The fourth-order valence-corrected chi connectivity index (χ4v) is 2.02. The zero-order chi connectivity index (χ0) is 17.6. The molecule has 1 N–H and O–H groups in total. The Bertz CT molecular complexity index is 524. The minimum Gasteiger partial charge on any atom is -0.480 e. The van der Waals surface area contributed by atoms with E-state index in [1.807, 2.05) is 30.3 Å². The third kappa shape index (κ3) is 6.28. The minimum atomic E-state index is -1.14. The van der Waals surface area contributed by atoms with E-state index < -0.39 is 29.8 Å². The van der Waals surface area contributed by atoms with Crippen molar-refractivity contribution in [3.63, 3.8) is 0 Å². The standard InChI is InChI=1S/C17H25NO5/c1-12(22-11-13-9-7-6-8-10-13)14(15(19)20)18(5)16(21)23-17(2,3)4/h6-10,12,14H,11H2,1-5H3,(H,19,20). The third-order valence-electron chi connectivity index (χ3n) is 3.15. The molecule has 0 bridgehead atoms. The van der Waals surface area contributed by atoms with Gasteiger partial charge >= 0.3 is 12.1 Å². The summed E-state index contributed by atoms with van der Waals surface area (Å²) in [6.45, 7) is 7.08. The maximum atomic E-state index is 12.1. The van der Waals surface area contributed by atoms with Crippen LogP contribution in [0, 0.1) is 0 Å². The Morgan fingerprint density at radius 2 is 1.78 bits per heavy atom. The van der Waals surface area contributed by atoms with E-state index in [0.29, 0.717) is 0 Å². The molecule has 1 amide bonds. The normalized spacial score (nSPS) is 14.0. The molecule has 0 heterocycles. The largest absolute Gasteiger partial charge is 0.480 e. The highest BCUT2D eigenvalue weighted by molar-refractivity contribution is 5.80. The van der Waals surface area contributed by atoms with Crippen LogP contribution in [0.2, 0.25) is 0 Å². The van der Waals surface area contributed by atoms with Crippen LogP contribution in [0.5, 0.6) is 0 Å². The fraction of sp³-hybridized carbons (Fsp3) is 0.529. The highest BCUT2D eigenvalue weighted by atomic mass is 16.6. The minimum absolute atomic E-state index is 0.272. The summed E-state index contributed by atoms with van der Waals surface area (Å²) in [6, 6.07) is 8.30. The molecule has 0 aliphatic rings. The predicted molar refractivity (Wildman–Crippen MR) is 86.1 cm³/mol. The molecule has 0 spiro atoms. The Kier molecular flexibility index (Phi) is 6.57. The average molecular weight is 323 g/mol. The van der Waals surface area contributed by atoms with Gasteiger partial charge in [-0.1, -0.05) is 30.3 Å². The number of carbonyl (C=O) groups is 2. The van der Waals surface area contributed by atoms with Gasteiger partial charge in [0.05, 0.1) is 12.7 Å². The second-order valence-electron chi connectivity index (χ2n) is 6.38. The lowest BCUT2D eigenvalue weighted by Crippen LogP contribution is -2.50. The molecule has 0 radical (unpaired) electrons. The first-order valence-corrected chi connectivity index (χ1v) is 7.46. The molecule has 0 saturated heterocycles. The quantitative estimate of drug-likeness (QED) is 0.871. The number of carbonyl (C=O) groups excluding carboxylic acids is 1. The second-order valence-corrected chi connectivity index (χ2v) is 6.38. The van der Waals surface area contributed by atoms with Crippen LogP contribution in [0.25, 0.3) is 0 Å². The number of amides is 1. The van der Waals surface area contributed by atoms with Crippen molar-refractivity contribution in [2.75, 3.05) is 7.05 Å². The van der Waals surface area contributed by atoms with Crippen molar-refractivity contribution in [3.8, 4) is 0 Å². The van der Waals surface area contributed by atoms with Gasteiger partial charge < -0.3 is 14.6 Å². The molecule has 1 rings (SSSR count). The number of rotatable bonds is 6. The average Bonchev–Trinajstić information content (AvgIpc) is 2.44. The van der Waals surface area contributed by atoms with Crippen LogP contribution >= 0.6 is 0 Å². The first-order valence-electron chi connectivity index (χ1n) is 7.46. The van der Waals surface area contributed by atoms with Crippen LogP contribution in [0.3, 0.4) is 0 Å². The summed E-state index contributed by atoms with van der Waals surface area (Å²) >= 11 is 0. The molecule has 0 aliphatic carbocycles. The van der Waals surface area contributed by atoms with Crippen LogP contribution in [-0.2, 0) is 20.9 Å². The Morgan fingerprint density at radius 1 is 1.22 bits per heavy atom. The third-order valence-corrected chi connectivity index (χ3v) is 3.15. The number of ether oxygens (including phenoxy) is 2. The smallest absolute Gasteiger partial charge is 0.410 e. The Hall–Kier alpha value is -2.08. The molecular weight excluding hydrogens is 298 g/mol.